The Hall–Kier alpha value is -3.84. The molecule has 0 bridgehead atoms. The van der Waals surface area contributed by atoms with Crippen molar-refractivity contribution >= 4 is 34.7 Å². The Morgan fingerprint density at radius 1 is 1.00 bits per heavy atom. The first-order valence-corrected chi connectivity index (χ1v) is 10.7. The van der Waals surface area contributed by atoms with Crippen LogP contribution in [0.2, 0.25) is 5.02 Å². The van der Waals surface area contributed by atoms with Crippen molar-refractivity contribution in [3.05, 3.63) is 93.8 Å². The van der Waals surface area contributed by atoms with Crippen LogP contribution in [0.15, 0.2) is 66.2 Å². The normalized spacial score (nSPS) is 17.2. The number of aryl methyl sites for hydroxylation is 1. The Balaban J connectivity index is 2.01. The molecule has 0 spiro atoms. The Kier molecular flexibility index (Phi) is 6.30. The van der Waals surface area contributed by atoms with Gasteiger partial charge in [0.1, 0.15) is 23.1 Å². The summed E-state index contributed by atoms with van der Waals surface area (Å²) in [5.41, 5.74) is 1.19. The summed E-state index contributed by atoms with van der Waals surface area (Å²) in [7, 11) is 2.77. The van der Waals surface area contributed by atoms with Gasteiger partial charge in [0.05, 0.1) is 36.4 Å². The maximum atomic E-state index is 15.0. The zero-order valence-electron chi connectivity index (χ0n) is 18.6. The number of anilines is 1. The van der Waals surface area contributed by atoms with E-state index < -0.39 is 29.3 Å². The summed E-state index contributed by atoms with van der Waals surface area (Å²) in [6, 6.07) is 14.3. The molecular formula is C26H21ClFNO5. The van der Waals surface area contributed by atoms with Crippen LogP contribution in [0.5, 0.6) is 11.5 Å². The van der Waals surface area contributed by atoms with E-state index in [1.165, 1.54) is 49.5 Å². The minimum absolute atomic E-state index is 0.0590. The highest BCUT2D eigenvalue weighted by Crippen LogP contribution is 2.45. The number of ketones is 1. The topological polar surface area (TPSA) is 76.1 Å². The molecule has 1 N–H and O–H groups in total. The van der Waals surface area contributed by atoms with E-state index in [4.69, 9.17) is 21.1 Å². The van der Waals surface area contributed by atoms with Gasteiger partial charge in [-0.15, -0.1) is 0 Å². The minimum atomic E-state index is -1.21. The van der Waals surface area contributed by atoms with Gasteiger partial charge in [0.2, 0.25) is 0 Å². The van der Waals surface area contributed by atoms with E-state index in [-0.39, 0.29) is 33.2 Å². The maximum Gasteiger partial charge on any atom is 0.300 e. The standard InChI is InChI=1S/C26H21ClFNO5/c1-14-8-10-15(11-9-14)29-23(16-6-4-5-7-19(16)28)22(25(31)26(29)32)24(30)17-12-21(34-3)18(27)13-20(17)33-2/h4-13,23,30H,1-3H3/b24-22+. The van der Waals surface area contributed by atoms with Crippen LogP contribution in [0, 0.1) is 12.7 Å². The Bertz CT molecular complexity index is 1320. The lowest BCUT2D eigenvalue weighted by atomic mass is 9.94. The number of aliphatic hydroxyl groups excluding tert-OH is 1. The van der Waals surface area contributed by atoms with Gasteiger partial charge in [-0.05, 0) is 31.2 Å². The second-order valence-electron chi connectivity index (χ2n) is 7.71. The lowest BCUT2D eigenvalue weighted by Gasteiger charge is -2.26. The van der Waals surface area contributed by atoms with Gasteiger partial charge in [0.15, 0.2) is 0 Å². The van der Waals surface area contributed by atoms with Crippen molar-refractivity contribution < 1.29 is 28.6 Å². The maximum absolute atomic E-state index is 15.0. The van der Waals surface area contributed by atoms with Crippen molar-refractivity contribution in [3.8, 4) is 11.5 Å². The second kappa shape index (κ2) is 9.19. The lowest BCUT2D eigenvalue weighted by molar-refractivity contribution is -0.132. The number of carbonyl (C=O) groups excluding carboxylic acids is 2. The summed E-state index contributed by atoms with van der Waals surface area (Å²) in [6.45, 7) is 1.88. The molecule has 0 radical (unpaired) electrons. The van der Waals surface area contributed by atoms with Gasteiger partial charge in [-0.1, -0.05) is 47.5 Å². The quantitative estimate of drug-likeness (QED) is 0.299. The third kappa shape index (κ3) is 3.88. The van der Waals surface area contributed by atoms with Gasteiger partial charge in [-0.2, -0.15) is 0 Å². The van der Waals surface area contributed by atoms with E-state index in [2.05, 4.69) is 0 Å². The number of methoxy groups -OCH3 is 2. The third-order valence-electron chi connectivity index (χ3n) is 5.69. The highest BCUT2D eigenvalue weighted by Gasteiger charge is 2.48. The monoisotopic (exact) mass is 481 g/mol. The molecule has 8 heteroatoms. The number of nitrogens with zero attached hydrogens (tertiary/aromatic N) is 1. The van der Waals surface area contributed by atoms with Crippen LogP contribution in [0.1, 0.15) is 22.7 Å². The first-order chi connectivity index (χ1) is 16.3. The minimum Gasteiger partial charge on any atom is -0.507 e. The highest BCUT2D eigenvalue weighted by molar-refractivity contribution is 6.51. The highest BCUT2D eigenvalue weighted by atomic mass is 35.5. The number of benzene rings is 3. The predicted octanol–water partition coefficient (Wildman–Crippen LogP) is 5.43. The van der Waals surface area contributed by atoms with Gasteiger partial charge in [0.25, 0.3) is 11.7 Å². The molecule has 1 unspecified atom stereocenters. The number of carbonyl (C=O) groups is 2. The van der Waals surface area contributed by atoms with E-state index in [0.717, 1.165) is 5.56 Å². The molecule has 1 aliphatic heterocycles. The average molecular weight is 482 g/mol. The number of hydrogen-bond donors (Lipinski definition) is 1. The Labute approximate surface area is 200 Å². The summed E-state index contributed by atoms with van der Waals surface area (Å²) in [4.78, 5) is 27.6. The predicted molar refractivity (Wildman–Crippen MR) is 127 cm³/mol. The van der Waals surface area contributed by atoms with Crippen molar-refractivity contribution in [2.45, 2.75) is 13.0 Å². The summed E-state index contributed by atoms with van der Waals surface area (Å²) in [5.74, 6) is -2.64. The number of Topliss-reactive ketones (excluding diaryl/α,β-unsaturated/α-hetero) is 1. The first-order valence-electron chi connectivity index (χ1n) is 10.3. The van der Waals surface area contributed by atoms with Crippen molar-refractivity contribution in [2.24, 2.45) is 0 Å². The first kappa shape index (κ1) is 23.3. The molecule has 4 rings (SSSR count). The number of aliphatic hydroxyl groups is 1. The lowest BCUT2D eigenvalue weighted by Crippen LogP contribution is -2.29. The SMILES string of the molecule is COc1cc(/C(O)=C2\C(=O)C(=O)N(c3ccc(C)cc3)C2c2ccccc2F)c(OC)cc1Cl. The number of rotatable bonds is 5. The molecule has 6 nitrogen and oxygen atoms in total. The zero-order valence-corrected chi connectivity index (χ0v) is 19.4. The van der Waals surface area contributed by atoms with Crippen molar-refractivity contribution in [1.29, 1.82) is 0 Å². The smallest absolute Gasteiger partial charge is 0.300 e. The zero-order chi connectivity index (χ0) is 24.6. The fourth-order valence-electron chi connectivity index (χ4n) is 3.99. The van der Waals surface area contributed by atoms with Gasteiger partial charge in [-0.3, -0.25) is 14.5 Å². The van der Waals surface area contributed by atoms with Crippen LogP contribution in [-0.4, -0.2) is 31.0 Å². The van der Waals surface area contributed by atoms with Crippen molar-refractivity contribution in [3.63, 3.8) is 0 Å². The summed E-state index contributed by atoms with van der Waals surface area (Å²) in [5, 5.41) is 11.6. The van der Waals surface area contributed by atoms with Crippen LogP contribution in [-0.2, 0) is 9.59 Å². The molecule has 1 fully saturated rings. The van der Waals surface area contributed by atoms with E-state index in [0.29, 0.717) is 5.69 Å². The van der Waals surface area contributed by atoms with Gasteiger partial charge in [0, 0.05) is 17.3 Å². The molecule has 1 atom stereocenters. The van der Waals surface area contributed by atoms with Crippen LogP contribution < -0.4 is 14.4 Å². The molecule has 1 saturated heterocycles. The fraction of sp³-hybridized carbons (Fsp3) is 0.154. The molecule has 0 aromatic heterocycles. The number of amides is 1. The summed E-state index contributed by atoms with van der Waals surface area (Å²) >= 11 is 6.18. The molecule has 3 aromatic rings. The molecule has 0 aliphatic carbocycles. The number of ether oxygens (including phenoxy) is 2. The Morgan fingerprint density at radius 2 is 1.65 bits per heavy atom. The van der Waals surface area contributed by atoms with Crippen LogP contribution in [0.25, 0.3) is 5.76 Å². The molecule has 34 heavy (non-hydrogen) atoms. The summed E-state index contributed by atoms with van der Waals surface area (Å²) < 4.78 is 25.6. The van der Waals surface area contributed by atoms with Crippen molar-refractivity contribution in [1.82, 2.24) is 0 Å². The van der Waals surface area contributed by atoms with Crippen LogP contribution in [0.4, 0.5) is 10.1 Å². The molecule has 3 aromatic carbocycles. The molecule has 1 amide bonds. The second-order valence-corrected chi connectivity index (χ2v) is 8.12. The number of halogens is 2. The van der Waals surface area contributed by atoms with Gasteiger partial charge < -0.3 is 14.6 Å². The van der Waals surface area contributed by atoms with Crippen LogP contribution in [0.3, 0.4) is 0 Å². The molecule has 1 aliphatic rings. The van der Waals surface area contributed by atoms with Crippen LogP contribution >= 0.6 is 11.6 Å². The molecule has 1 heterocycles. The summed E-state index contributed by atoms with van der Waals surface area (Å²) in [6.07, 6.45) is 0. The fourth-order valence-corrected chi connectivity index (χ4v) is 4.22. The van der Waals surface area contributed by atoms with Crippen molar-refractivity contribution in [2.75, 3.05) is 19.1 Å². The van der Waals surface area contributed by atoms with Gasteiger partial charge in [-0.25, -0.2) is 4.39 Å². The molecular weight excluding hydrogens is 461 g/mol. The van der Waals surface area contributed by atoms with E-state index in [9.17, 15) is 19.1 Å². The average Bonchev–Trinajstić information content (AvgIpc) is 3.09. The Morgan fingerprint density at radius 3 is 2.26 bits per heavy atom. The van der Waals surface area contributed by atoms with Gasteiger partial charge >= 0.3 is 0 Å². The van der Waals surface area contributed by atoms with E-state index in [1.54, 1.807) is 30.3 Å². The number of hydrogen-bond acceptors (Lipinski definition) is 5. The molecule has 174 valence electrons. The van der Waals surface area contributed by atoms with E-state index >= 15 is 0 Å². The third-order valence-corrected chi connectivity index (χ3v) is 5.98. The molecule has 0 saturated carbocycles. The largest absolute Gasteiger partial charge is 0.507 e. The van der Waals surface area contributed by atoms with E-state index in [1.807, 2.05) is 6.92 Å².